The van der Waals surface area contributed by atoms with Gasteiger partial charge in [0.2, 0.25) is 5.91 Å². The number of benzene rings is 2. The lowest BCUT2D eigenvalue weighted by Gasteiger charge is -2.36. The zero-order chi connectivity index (χ0) is 30.7. The largest absolute Gasteiger partial charge is 0.416 e. The maximum absolute atomic E-state index is 13.8. The number of amides is 2. The molecule has 0 bridgehead atoms. The number of nitrogens with zero attached hydrogens (tertiary/aromatic N) is 6. The smallest absolute Gasteiger partial charge is 0.369 e. The highest BCUT2D eigenvalue weighted by Gasteiger charge is 2.32. The first-order valence-corrected chi connectivity index (χ1v) is 14.7. The quantitative estimate of drug-likeness (QED) is 0.272. The second kappa shape index (κ2) is 12.5. The summed E-state index contributed by atoms with van der Waals surface area (Å²) in [5.41, 5.74) is 1.82. The Bertz CT molecular complexity index is 1630. The number of piperazine rings is 1. The van der Waals surface area contributed by atoms with Crippen LogP contribution in [0.4, 0.5) is 29.7 Å². The highest BCUT2D eigenvalue weighted by Crippen LogP contribution is 2.35. The molecule has 0 spiro atoms. The van der Waals surface area contributed by atoms with Gasteiger partial charge in [-0.3, -0.25) is 9.59 Å². The summed E-state index contributed by atoms with van der Waals surface area (Å²) < 4.78 is 42.9. The number of hydrogen-bond donors (Lipinski definition) is 2. The molecule has 1 aliphatic rings. The molecule has 4 aromatic rings. The summed E-state index contributed by atoms with van der Waals surface area (Å²) in [6, 6.07) is 8.63. The third-order valence-corrected chi connectivity index (χ3v) is 8.16. The Morgan fingerprint density at radius 2 is 1.79 bits per heavy atom. The Kier molecular flexibility index (Phi) is 8.78. The lowest BCUT2D eigenvalue weighted by molar-refractivity contribution is -0.137. The summed E-state index contributed by atoms with van der Waals surface area (Å²) in [6.07, 6.45) is -0.961. The number of thiazole rings is 1. The summed E-state index contributed by atoms with van der Waals surface area (Å²) >= 11 is 1.26. The van der Waals surface area contributed by atoms with Crippen molar-refractivity contribution in [2.24, 2.45) is 0 Å². The van der Waals surface area contributed by atoms with E-state index in [2.05, 4.69) is 37.8 Å². The summed E-state index contributed by atoms with van der Waals surface area (Å²) in [4.78, 5) is 34.0. The lowest BCUT2D eigenvalue weighted by Crippen LogP contribution is -2.46. The van der Waals surface area contributed by atoms with Crippen LogP contribution in [0, 0.1) is 6.92 Å². The van der Waals surface area contributed by atoms with E-state index in [0.717, 1.165) is 37.3 Å². The zero-order valence-electron chi connectivity index (χ0n) is 23.9. The van der Waals surface area contributed by atoms with Crippen molar-refractivity contribution in [1.82, 2.24) is 24.9 Å². The van der Waals surface area contributed by atoms with Crippen molar-refractivity contribution >= 4 is 39.7 Å². The number of nitrogens with one attached hydrogen (secondary N) is 2. The Morgan fingerprint density at radius 3 is 2.49 bits per heavy atom. The predicted molar refractivity (Wildman–Crippen MR) is 160 cm³/mol. The maximum Gasteiger partial charge on any atom is 0.416 e. The monoisotopic (exact) mass is 612 g/mol. The summed E-state index contributed by atoms with van der Waals surface area (Å²) in [7, 11) is 0. The van der Waals surface area contributed by atoms with Crippen LogP contribution in [0.1, 0.15) is 41.8 Å². The fourth-order valence-electron chi connectivity index (χ4n) is 4.71. The molecule has 0 saturated carbocycles. The highest BCUT2D eigenvalue weighted by atomic mass is 32.1. The molecule has 0 atom stereocenters. The van der Waals surface area contributed by atoms with Crippen LogP contribution in [0.25, 0.3) is 16.3 Å². The summed E-state index contributed by atoms with van der Waals surface area (Å²) in [5.74, 6) is -0.701. The van der Waals surface area contributed by atoms with Gasteiger partial charge in [0.15, 0.2) is 5.13 Å². The van der Waals surface area contributed by atoms with E-state index < -0.39 is 17.6 Å². The van der Waals surface area contributed by atoms with Crippen molar-refractivity contribution in [3.05, 3.63) is 65.5 Å². The molecule has 0 aliphatic carbocycles. The fraction of sp³-hybridized carbons (Fsp3) is 0.345. The van der Waals surface area contributed by atoms with E-state index >= 15 is 0 Å². The van der Waals surface area contributed by atoms with Gasteiger partial charge in [-0.05, 0) is 49.4 Å². The molecule has 0 radical (unpaired) electrons. The Morgan fingerprint density at radius 1 is 1.02 bits per heavy atom. The molecule has 10 nitrogen and oxygen atoms in total. The summed E-state index contributed by atoms with van der Waals surface area (Å²) in [6.45, 7) is 9.24. The molecule has 1 fully saturated rings. The van der Waals surface area contributed by atoms with Crippen molar-refractivity contribution in [1.29, 1.82) is 0 Å². The second-order valence-electron chi connectivity index (χ2n) is 10.1. The Balaban J connectivity index is 1.37. The van der Waals surface area contributed by atoms with Crippen LogP contribution in [0.2, 0.25) is 0 Å². The van der Waals surface area contributed by atoms with Gasteiger partial charge in [-0.15, -0.1) is 5.10 Å². The normalized spacial score (nSPS) is 14.1. The second-order valence-corrected chi connectivity index (χ2v) is 11.2. The number of rotatable bonds is 8. The minimum Gasteiger partial charge on any atom is -0.369 e. The number of aromatic nitrogens is 4. The first-order valence-electron chi connectivity index (χ1n) is 13.8. The van der Waals surface area contributed by atoms with Crippen molar-refractivity contribution in [2.75, 3.05) is 48.3 Å². The molecule has 43 heavy (non-hydrogen) atoms. The van der Waals surface area contributed by atoms with Crippen molar-refractivity contribution < 1.29 is 22.8 Å². The molecule has 14 heteroatoms. The Hall–Kier alpha value is -4.30. The molecular weight excluding hydrogens is 581 g/mol. The van der Waals surface area contributed by atoms with Crippen LogP contribution in [0.5, 0.6) is 0 Å². The number of aryl methyl sites for hydroxylation is 1. The molecule has 1 saturated heterocycles. The molecule has 226 valence electrons. The molecule has 2 N–H and O–H groups in total. The SMILES string of the molecule is CCC(=O)Nc1ncc(-c2cn(-c3cc(C(=O)Nc4cc(N5CCN(CC)CC5)cc(C(F)(F)F)c4)ccc3C)nn2)s1. The predicted octanol–water partition coefficient (Wildman–Crippen LogP) is 5.46. The van der Waals surface area contributed by atoms with Gasteiger partial charge < -0.3 is 20.4 Å². The third-order valence-electron chi connectivity index (χ3n) is 7.22. The molecule has 2 aromatic carbocycles. The van der Waals surface area contributed by atoms with Crippen LogP contribution < -0.4 is 15.5 Å². The fourth-order valence-corrected chi connectivity index (χ4v) is 5.49. The van der Waals surface area contributed by atoms with E-state index in [0.29, 0.717) is 46.6 Å². The van der Waals surface area contributed by atoms with Gasteiger partial charge in [-0.25, -0.2) is 9.67 Å². The van der Waals surface area contributed by atoms with Gasteiger partial charge in [0, 0.05) is 55.7 Å². The zero-order valence-corrected chi connectivity index (χ0v) is 24.7. The molecule has 2 amide bonds. The van der Waals surface area contributed by atoms with E-state index in [4.69, 9.17) is 0 Å². The van der Waals surface area contributed by atoms with Crippen molar-refractivity contribution in [3.8, 4) is 16.3 Å². The maximum atomic E-state index is 13.8. The van der Waals surface area contributed by atoms with Gasteiger partial charge in [-0.2, -0.15) is 13.2 Å². The van der Waals surface area contributed by atoms with Gasteiger partial charge >= 0.3 is 6.18 Å². The number of carbonyl (C=O) groups excluding carboxylic acids is 2. The van der Waals surface area contributed by atoms with Gasteiger partial charge in [0.1, 0.15) is 5.69 Å². The molecule has 0 unspecified atom stereocenters. The minimum absolute atomic E-state index is 0.0640. The van der Waals surface area contributed by atoms with Gasteiger partial charge in [0.05, 0.1) is 22.3 Å². The van der Waals surface area contributed by atoms with E-state index in [9.17, 15) is 22.8 Å². The van der Waals surface area contributed by atoms with Crippen LogP contribution in [0.3, 0.4) is 0 Å². The molecule has 1 aliphatic heterocycles. The van der Waals surface area contributed by atoms with Crippen molar-refractivity contribution in [2.45, 2.75) is 33.4 Å². The average molecular weight is 613 g/mol. The van der Waals surface area contributed by atoms with Crippen LogP contribution in [-0.2, 0) is 11.0 Å². The van der Waals surface area contributed by atoms with Crippen molar-refractivity contribution in [3.63, 3.8) is 0 Å². The van der Waals surface area contributed by atoms with E-state index in [1.54, 1.807) is 43.6 Å². The standard InChI is InChI=1S/C29H31F3N8O2S/c1-4-26(41)35-28-33-16-25(43-28)23-17-40(37-36-23)24-12-19(7-6-18(24)3)27(42)34-21-13-20(29(30,31)32)14-22(15-21)39-10-8-38(5-2)9-11-39/h6-7,12-17H,4-5,8-11H2,1-3H3,(H,34,42)(H,33,35,41). The third kappa shape index (κ3) is 7.03. The average Bonchev–Trinajstić information content (AvgIpc) is 3.67. The van der Waals surface area contributed by atoms with Crippen LogP contribution in [0.15, 0.2) is 48.8 Å². The molecule has 3 heterocycles. The van der Waals surface area contributed by atoms with E-state index in [1.165, 1.54) is 16.0 Å². The molecule has 2 aromatic heterocycles. The summed E-state index contributed by atoms with van der Waals surface area (Å²) in [5, 5.41) is 14.2. The molecule has 5 rings (SSSR count). The van der Waals surface area contributed by atoms with Gasteiger partial charge in [-0.1, -0.05) is 36.5 Å². The number of halogens is 3. The topological polar surface area (TPSA) is 108 Å². The van der Waals surface area contributed by atoms with Crippen LogP contribution in [-0.4, -0.2) is 69.4 Å². The van der Waals surface area contributed by atoms with Gasteiger partial charge in [0.25, 0.3) is 5.91 Å². The minimum atomic E-state index is -4.57. The first-order chi connectivity index (χ1) is 20.5. The van der Waals surface area contributed by atoms with Crippen LogP contribution >= 0.6 is 11.3 Å². The Labute approximate surface area is 250 Å². The first kappa shape index (κ1) is 30.2. The molecular formula is C29H31F3N8O2S. The number of hydrogen-bond acceptors (Lipinski definition) is 8. The lowest BCUT2D eigenvalue weighted by atomic mass is 10.1. The van der Waals surface area contributed by atoms with E-state index in [-0.39, 0.29) is 17.2 Å². The highest BCUT2D eigenvalue weighted by molar-refractivity contribution is 7.19. The number of anilines is 3. The number of likely N-dealkylation sites (N-methyl/N-ethyl adjacent to an activating group) is 1. The van der Waals surface area contributed by atoms with E-state index in [1.807, 2.05) is 11.8 Å². The number of alkyl halides is 3. The number of carbonyl (C=O) groups is 2.